The molecule has 33 heavy (non-hydrogen) atoms. The number of allylic oxidation sites excluding steroid dienone is 2. The van der Waals surface area contributed by atoms with E-state index in [2.05, 4.69) is 14.7 Å². The van der Waals surface area contributed by atoms with Crippen LogP contribution in [0.25, 0.3) is 0 Å². The highest BCUT2D eigenvalue weighted by Crippen LogP contribution is 2.31. The summed E-state index contributed by atoms with van der Waals surface area (Å²) in [7, 11) is -0.373. The first-order valence-corrected chi connectivity index (χ1v) is 11.7. The van der Waals surface area contributed by atoms with E-state index < -0.39 is 40.9 Å². The number of alkyl halides is 3. The Morgan fingerprint density at radius 3 is 2.76 bits per heavy atom. The number of carboxylic acid groups (broad SMARTS) is 1. The zero-order valence-corrected chi connectivity index (χ0v) is 19.2. The number of hydrogen-bond donors (Lipinski definition) is 2. The molecule has 0 saturated heterocycles. The number of nitrogens with one attached hydrogen (secondary N) is 1. The van der Waals surface area contributed by atoms with Crippen molar-refractivity contribution in [2.75, 3.05) is 7.11 Å². The van der Waals surface area contributed by atoms with Crippen LogP contribution in [0.2, 0.25) is 0 Å². The van der Waals surface area contributed by atoms with Crippen molar-refractivity contribution in [3.63, 3.8) is 0 Å². The van der Waals surface area contributed by atoms with Gasteiger partial charge in [-0.2, -0.15) is 13.2 Å². The number of oxime groups is 1. The summed E-state index contributed by atoms with van der Waals surface area (Å²) in [5.74, 6) is -2.31. The minimum atomic E-state index is -4.63. The lowest BCUT2D eigenvalue weighted by molar-refractivity contribution is -0.139. The van der Waals surface area contributed by atoms with Crippen LogP contribution in [0, 0.1) is 0 Å². The van der Waals surface area contributed by atoms with Crippen molar-refractivity contribution < 1.29 is 36.9 Å². The molecule has 2 N–H and O–H groups in total. The topological polar surface area (TPSA) is 97.2 Å². The Balaban J connectivity index is 1.73. The highest BCUT2D eigenvalue weighted by atomic mass is 32.2. The number of ether oxygens (including phenoxy) is 1. The number of carbonyl (C=O) groups is 1. The fourth-order valence-electron chi connectivity index (χ4n) is 3.09. The molecule has 3 atom stereocenters. The van der Waals surface area contributed by atoms with E-state index in [4.69, 9.17) is 4.74 Å². The van der Waals surface area contributed by atoms with Crippen molar-refractivity contribution in [3.05, 3.63) is 58.7 Å². The average Bonchev–Trinajstić information content (AvgIpc) is 3.13. The van der Waals surface area contributed by atoms with Crippen LogP contribution in [0.1, 0.15) is 36.1 Å². The zero-order valence-electron chi connectivity index (χ0n) is 17.6. The lowest BCUT2D eigenvalue weighted by Gasteiger charge is -2.21. The van der Waals surface area contributed by atoms with Gasteiger partial charge < -0.3 is 14.7 Å². The third-order valence-electron chi connectivity index (χ3n) is 4.91. The molecule has 0 aliphatic carbocycles. The van der Waals surface area contributed by atoms with Crippen LogP contribution in [-0.2, 0) is 20.6 Å². The molecule has 7 nitrogen and oxygen atoms in total. The molecule has 1 aliphatic heterocycles. The zero-order chi connectivity index (χ0) is 24.2. The summed E-state index contributed by atoms with van der Waals surface area (Å²) in [5, 5.41) is 13.3. The monoisotopic (exact) mass is 502 g/mol. The summed E-state index contributed by atoms with van der Waals surface area (Å²) >= 11 is 1.04. The van der Waals surface area contributed by atoms with E-state index in [0.717, 1.165) is 17.4 Å². The van der Waals surface area contributed by atoms with E-state index in [1.165, 1.54) is 13.2 Å². The van der Waals surface area contributed by atoms with Crippen LogP contribution in [0.4, 0.5) is 13.2 Å². The van der Waals surface area contributed by atoms with Gasteiger partial charge in [0.05, 0.1) is 17.7 Å². The van der Waals surface area contributed by atoms with Gasteiger partial charge in [-0.05, 0) is 48.7 Å². The Hall–Kier alpha value is -2.70. The molecule has 0 saturated carbocycles. The van der Waals surface area contributed by atoms with Crippen molar-refractivity contribution in [1.29, 1.82) is 0 Å². The Kier molecular flexibility index (Phi) is 7.92. The maximum Gasteiger partial charge on any atom is 0.451 e. The summed E-state index contributed by atoms with van der Waals surface area (Å²) in [6.07, 6.45) is -3.40. The molecule has 2 heterocycles. The van der Waals surface area contributed by atoms with Gasteiger partial charge in [-0.15, -0.1) is 11.3 Å². The van der Waals surface area contributed by atoms with Gasteiger partial charge in [-0.25, -0.2) is 8.93 Å². The quantitative estimate of drug-likeness (QED) is 0.551. The molecule has 0 fully saturated rings. The molecule has 178 valence electrons. The largest absolute Gasteiger partial charge is 0.497 e. The van der Waals surface area contributed by atoms with E-state index in [0.29, 0.717) is 26.1 Å². The van der Waals surface area contributed by atoms with E-state index >= 15 is 0 Å². The minimum absolute atomic E-state index is 0.0847. The highest BCUT2D eigenvalue weighted by Gasteiger charge is 2.37. The third-order valence-corrected chi connectivity index (χ3v) is 7.52. The molecule has 0 bridgehead atoms. The number of thiophene rings is 1. The maximum atomic E-state index is 12.9. The van der Waals surface area contributed by atoms with Gasteiger partial charge in [0.1, 0.15) is 27.0 Å². The Morgan fingerprint density at radius 1 is 1.33 bits per heavy atom. The van der Waals surface area contributed by atoms with Gasteiger partial charge in [-0.3, -0.25) is 4.79 Å². The fraction of sp³-hybridized carbons (Fsp3) is 0.333. The summed E-state index contributed by atoms with van der Waals surface area (Å²) in [4.78, 5) is 16.9. The molecular formula is C21H21F3N2O5S2. The van der Waals surface area contributed by atoms with Crippen LogP contribution in [0.5, 0.6) is 5.75 Å². The molecule has 1 aromatic heterocycles. The van der Waals surface area contributed by atoms with Crippen LogP contribution in [0.3, 0.4) is 0 Å². The molecule has 1 aliphatic rings. The first-order chi connectivity index (χ1) is 15.6. The van der Waals surface area contributed by atoms with E-state index in [1.54, 1.807) is 37.3 Å². The number of aliphatic carboxylic acids is 1. The number of hydrogen-bond acceptors (Lipinski definition) is 6. The molecule has 1 aromatic carbocycles. The summed E-state index contributed by atoms with van der Waals surface area (Å²) < 4.78 is 59.4. The average molecular weight is 503 g/mol. The van der Waals surface area contributed by atoms with Gasteiger partial charge >= 0.3 is 12.1 Å². The molecule has 0 spiro atoms. The van der Waals surface area contributed by atoms with Crippen molar-refractivity contribution >= 4 is 34.0 Å². The predicted molar refractivity (Wildman–Crippen MR) is 118 cm³/mol. The number of nitrogens with zero attached hydrogens (tertiary/aromatic N) is 1. The number of halogens is 3. The number of carboxylic acids is 1. The van der Waals surface area contributed by atoms with Crippen molar-refractivity contribution in [2.45, 2.75) is 42.1 Å². The second kappa shape index (κ2) is 10.5. The van der Waals surface area contributed by atoms with Gasteiger partial charge in [0.15, 0.2) is 0 Å². The minimum Gasteiger partial charge on any atom is -0.497 e. The summed E-state index contributed by atoms with van der Waals surface area (Å²) in [5.41, 5.74) is 0.981. The van der Waals surface area contributed by atoms with Gasteiger partial charge in [-0.1, -0.05) is 24.2 Å². The lowest BCUT2D eigenvalue weighted by atomic mass is 9.94. The fourth-order valence-corrected chi connectivity index (χ4v) is 5.40. The number of methoxy groups -OCH3 is 1. The number of benzene rings is 1. The maximum absolute atomic E-state index is 12.9. The van der Waals surface area contributed by atoms with Crippen LogP contribution in [-0.4, -0.2) is 40.3 Å². The summed E-state index contributed by atoms with van der Waals surface area (Å²) in [6, 6.07) is 8.86. The molecule has 3 unspecified atom stereocenters. The van der Waals surface area contributed by atoms with Crippen molar-refractivity contribution in [1.82, 2.24) is 4.72 Å². The van der Waals surface area contributed by atoms with Crippen molar-refractivity contribution in [2.24, 2.45) is 5.16 Å². The predicted octanol–water partition coefficient (Wildman–Crippen LogP) is 4.59. The molecular weight excluding hydrogens is 481 g/mol. The molecule has 2 aromatic rings. The van der Waals surface area contributed by atoms with Gasteiger partial charge in [0, 0.05) is 5.92 Å². The van der Waals surface area contributed by atoms with Crippen LogP contribution >= 0.6 is 11.3 Å². The summed E-state index contributed by atoms with van der Waals surface area (Å²) in [6.45, 7) is 1.69. The number of rotatable bonds is 8. The lowest BCUT2D eigenvalue weighted by Crippen LogP contribution is -2.41. The third kappa shape index (κ3) is 6.21. The molecule has 12 heteroatoms. The van der Waals surface area contributed by atoms with Crippen LogP contribution < -0.4 is 9.46 Å². The Bertz CT molecular complexity index is 1100. The van der Waals surface area contributed by atoms with E-state index in [1.807, 2.05) is 0 Å². The second-order valence-electron chi connectivity index (χ2n) is 7.12. The smallest absolute Gasteiger partial charge is 0.451 e. The molecule has 0 radical (unpaired) electrons. The standard InChI is InChI=1S/C21H21F3N2O5S2/c1-12(13-5-3-6-14(11-13)30-2)19(20(27)28)26-33(29)18-10-9-16(32-18)15-7-4-8-17(31-25-15)21(22,23)24/h3,5-6,8-12,19,26H,4,7H2,1-2H3,(H,27,28). The van der Waals surface area contributed by atoms with Crippen molar-refractivity contribution in [3.8, 4) is 5.75 Å². The normalized spacial score (nSPS) is 17.1. The van der Waals surface area contributed by atoms with Gasteiger partial charge in [0.2, 0.25) is 5.76 Å². The first kappa shape index (κ1) is 24.9. The molecule has 0 amide bonds. The van der Waals surface area contributed by atoms with E-state index in [9.17, 15) is 27.3 Å². The molecule has 3 rings (SSSR count). The SMILES string of the molecule is COc1cccc(C(C)C(NS(=O)c2ccc(C3=NOC(C(F)(F)F)=CCC3)s2)C(=O)O)c1. The highest BCUT2D eigenvalue weighted by molar-refractivity contribution is 7.85. The second-order valence-corrected chi connectivity index (χ2v) is 9.68. The van der Waals surface area contributed by atoms with E-state index in [-0.39, 0.29) is 12.8 Å². The first-order valence-electron chi connectivity index (χ1n) is 9.76. The Labute approximate surface area is 194 Å². The van der Waals surface area contributed by atoms with Gasteiger partial charge in [0.25, 0.3) is 0 Å². The van der Waals surface area contributed by atoms with Crippen LogP contribution in [0.15, 0.2) is 57.6 Å². The Morgan fingerprint density at radius 2 is 2.09 bits per heavy atom.